The second kappa shape index (κ2) is 6.29. The number of rotatable bonds is 2. The van der Waals surface area contributed by atoms with Crippen LogP contribution >= 0.6 is 11.3 Å². The van der Waals surface area contributed by atoms with E-state index >= 15 is 0 Å². The predicted molar refractivity (Wildman–Crippen MR) is 124 cm³/mol. The monoisotopic (exact) mass is 443 g/mol. The maximum atomic E-state index is 12.6. The highest BCUT2D eigenvalue weighted by Crippen LogP contribution is 2.50. The minimum Gasteiger partial charge on any atom is -0.300 e. The van der Waals surface area contributed by atoms with Gasteiger partial charge in [-0.1, -0.05) is 50.2 Å². The van der Waals surface area contributed by atoms with Crippen molar-refractivity contribution in [1.82, 2.24) is 14.8 Å². The molecule has 1 N–H and O–H groups in total. The highest BCUT2D eigenvalue weighted by Gasteiger charge is 2.41. The molecule has 2 aromatic carbocycles. The highest BCUT2D eigenvalue weighted by molar-refractivity contribution is 7.14. The number of imide groups is 2. The van der Waals surface area contributed by atoms with E-state index in [4.69, 9.17) is 0 Å². The van der Waals surface area contributed by atoms with E-state index < -0.39 is 23.8 Å². The number of aromatic nitrogens is 1. The Hall–Kier alpha value is -3.45. The number of barbiturate groups is 1. The van der Waals surface area contributed by atoms with Crippen molar-refractivity contribution in [3.63, 3.8) is 0 Å². The Morgan fingerprint density at radius 1 is 1.00 bits per heavy atom. The van der Waals surface area contributed by atoms with Crippen LogP contribution in [0.2, 0.25) is 0 Å². The Kier molecular flexibility index (Phi) is 3.79. The van der Waals surface area contributed by atoms with Gasteiger partial charge < -0.3 is 4.57 Å². The van der Waals surface area contributed by atoms with Crippen LogP contribution in [0.5, 0.6) is 0 Å². The number of nitrogens with one attached hydrogen (secondary N) is 1. The van der Waals surface area contributed by atoms with Crippen LogP contribution < -0.4 is 5.32 Å². The summed E-state index contributed by atoms with van der Waals surface area (Å²) in [5.41, 5.74) is 4.60. The number of carbonyl (C=O) groups excluding carboxylic acids is 3. The lowest BCUT2D eigenvalue weighted by Crippen LogP contribution is -2.56. The van der Waals surface area contributed by atoms with Gasteiger partial charge in [0.05, 0.1) is 11.0 Å². The third-order valence-electron chi connectivity index (χ3n) is 6.89. The minimum atomic E-state index is -0.898. The van der Waals surface area contributed by atoms with Gasteiger partial charge >= 0.3 is 6.03 Å². The molecule has 0 radical (unpaired) electrons. The molecule has 32 heavy (non-hydrogen) atoms. The van der Waals surface area contributed by atoms with Crippen LogP contribution in [0.4, 0.5) is 4.79 Å². The molecule has 0 spiro atoms. The average Bonchev–Trinajstić information content (AvgIpc) is 3.34. The van der Waals surface area contributed by atoms with Gasteiger partial charge in [0.25, 0.3) is 0 Å². The van der Waals surface area contributed by atoms with Crippen molar-refractivity contribution < 1.29 is 14.4 Å². The zero-order chi connectivity index (χ0) is 22.4. The topological polar surface area (TPSA) is 71.4 Å². The number of para-hydroxylation sites is 2. The fraction of sp³-hybridized carbons (Fsp3) is 0.240. The van der Waals surface area contributed by atoms with E-state index in [0.29, 0.717) is 0 Å². The first kappa shape index (κ1) is 19.3. The SMILES string of the molecule is CN1C(=O)NC(=O)C(Cc2cc3c(s2)-n2c4ccccc4c4cccc(c42)C3(C)C)C1=O. The summed E-state index contributed by atoms with van der Waals surface area (Å²) in [6.45, 7) is 4.45. The van der Waals surface area contributed by atoms with Crippen molar-refractivity contribution in [3.8, 4) is 5.00 Å². The Bertz CT molecular complexity index is 1490. The molecule has 0 bridgehead atoms. The molecule has 4 amide bonds. The summed E-state index contributed by atoms with van der Waals surface area (Å²) in [5.74, 6) is -1.88. The Morgan fingerprint density at radius 2 is 1.75 bits per heavy atom. The third kappa shape index (κ3) is 2.37. The van der Waals surface area contributed by atoms with Crippen LogP contribution in [0.15, 0.2) is 48.5 Å². The van der Waals surface area contributed by atoms with Crippen LogP contribution in [-0.2, 0) is 21.4 Å². The number of carbonyl (C=O) groups is 3. The van der Waals surface area contributed by atoms with Gasteiger partial charge in [0.2, 0.25) is 11.8 Å². The van der Waals surface area contributed by atoms with Crippen molar-refractivity contribution in [2.24, 2.45) is 5.92 Å². The maximum Gasteiger partial charge on any atom is 0.330 e. The Balaban J connectivity index is 1.54. The largest absolute Gasteiger partial charge is 0.330 e. The quantitative estimate of drug-likeness (QED) is 0.468. The summed E-state index contributed by atoms with van der Waals surface area (Å²) in [4.78, 5) is 38.8. The molecule has 160 valence electrons. The molecule has 7 heteroatoms. The second-order valence-electron chi connectivity index (χ2n) is 9.06. The van der Waals surface area contributed by atoms with Gasteiger partial charge in [0, 0.05) is 34.5 Å². The van der Waals surface area contributed by atoms with Crippen LogP contribution in [0.3, 0.4) is 0 Å². The average molecular weight is 444 g/mol. The van der Waals surface area contributed by atoms with Gasteiger partial charge in [-0.25, -0.2) is 4.79 Å². The number of urea groups is 1. The predicted octanol–water partition coefficient (Wildman–Crippen LogP) is 4.35. The molecule has 2 aliphatic heterocycles. The van der Waals surface area contributed by atoms with Gasteiger partial charge in [0.1, 0.15) is 10.9 Å². The highest BCUT2D eigenvalue weighted by atomic mass is 32.1. The molecule has 1 fully saturated rings. The normalized spacial score (nSPS) is 19.5. The summed E-state index contributed by atoms with van der Waals surface area (Å²) < 4.78 is 2.33. The molecule has 4 heterocycles. The number of nitrogens with zero attached hydrogens (tertiary/aromatic N) is 2. The first-order valence-corrected chi connectivity index (χ1v) is 11.4. The summed E-state index contributed by atoms with van der Waals surface area (Å²) in [6, 6.07) is 16.4. The summed E-state index contributed by atoms with van der Waals surface area (Å²) in [6.07, 6.45) is 0.273. The number of amides is 4. The lowest BCUT2D eigenvalue weighted by molar-refractivity contribution is -0.141. The molecule has 0 aliphatic carbocycles. The standard InChI is InChI=1S/C25H21N3O3S/c1-25(2)17-9-6-8-15-14-7-4-5-10-19(14)28(20(15)17)23-18(25)12-13(32-23)11-16-21(29)26-24(31)27(3)22(16)30/h4-10,12,16H,11H2,1-3H3,(H,26,29,31). The first-order chi connectivity index (χ1) is 15.3. The fourth-order valence-electron chi connectivity index (χ4n) is 5.13. The molecular weight excluding hydrogens is 422 g/mol. The van der Waals surface area contributed by atoms with E-state index in [1.54, 1.807) is 11.3 Å². The molecule has 4 aromatic rings. The van der Waals surface area contributed by atoms with Gasteiger partial charge in [0.15, 0.2) is 0 Å². The van der Waals surface area contributed by atoms with Crippen LogP contribution in [0, 0.1) is 5.92 Å². The molecule has 1 saturated heterocycles. The Morgan fingerprint density at radius 3 is 2.56 bits per heavy atom. The molecule has 6 rings (SSSR count). The molecule has 6 nitrogen and oxygen atoms in total. The van der Waals surface area contributed by atoms with Crippen LogP contribution in [-0.4, -0.2) is 34.4 Å². The van der Waals surface area contributed by atoms with Crippen molar-refractivity contribution in [2.45, 2.75) is 25.7 Å². The molecule has 1 atom stereocenters. The zero-order valence-corrected chi connectivity index (χ0v) is 18.7. The summed E-state index contributed by atoms with van der Waals surface area (Å²) >= 11 is 1.62. The molecule has 0 saturated carbocycles. The van der Waals surface area contributed by atoms with Crippen LogP contribution in [0.1, 0.15) is 29.9 Å². The third-order valence-corrected chi connectivity index (χ3v) is 8.04. The van der Waals surface area contributed by atoms with Crippen molar-refractivity contribution in [3.05, 3.63) is 64.5 Å². The van der Waals surface area contributed by atoms with E-state index in [9.17, 15) is 14.4 Å². The smallest absolute Gasteiger partial charge is 0.300 e. The molecular formula is C25H21N3O3S. The van der Waals surface area contributed by atoms with Gasteiger partial charge in [-0.3, -0.25) is 19.8 Å². The lowest BCUT2D eigenvalue weighted by Gasteiger charge is -2.32. The summed E-state index contributed by atoms with van der Waals surface area (Å²) in [7, 11) is 1.40. The Labute approximate surface area is 188 Å². The second-order valence-corrected chi connectivity index (χ2v) is 10.2. The van der Waals surface area contributed by atoms with E-state index in [1.165, 1.54) is 34.5 Å². The summed E-state index contributed by atoms with van der Waals surface area (Å²) in [5, 5.41) is 5.86. The van der Waals surface area contributed by atoms with Crippen molar-refractivity contribution in [2.75, 3.05) is 7.05 Å². The zero-order valence-electron chi connectivity index (χ0n) is 17.9. The molecule has 2 aromatic heterocycles. The number of fused-ring (bicyclic) bond motifs is 5. The maximum absolute atomic E-state index is 12.6. The van der Waals surface area contributed by atoms with E-state index in [-0.39, 0.29) is 11.8 Å². The number of thiophene rings is 1. The van der Waals surface area contributed by atoms with Gasteiger partial charge in [-0.2, -0.15) is 0 Å². The number of hydrogen-bond acceptors (Lipinski definition) is 4. The fourth-order valence-corrected chi connectivity index (χ4v) is 6.51. The molecule has 1 unspecified atom stereocenters. The molecule has 2 aliphatic rings. The van der Waals surface area contributed by atoms with Gasteiger partial charge in [-0.15, -0.1) is 11.3 Å². The lowest BCUT2D eigenvalue weighted by atomic mass is 9.76. The van der Waals surface area contributed by atoms with E-state index in [1.807, 2.05) is 0 Å². The van der Waals surface area contributed by atoms with Gasteiger partial charge in [-0.05, 0) is 23.3 Å². The number of benzene rings is 2. The van der Waals surface area contributed by atoms with E-state index in [2.05, 4.69) is 72.3 Å². The first-order valence-electron chi connectivity index (χ1n) is 10.6. The minimum absolute atomic E-state index is 0.223. The number of hydrogen-bond donors (Lipinski definition) is 1. The van der Waals surface area contributed by atoms with Crippen molar-refractivity contribution >= 4 is 51.0 Å². The van der Waals surface area contributed by atoms with E-state index in [0.717, 1.165) is 20.3 Å². The van der Waals surface area contributed by atoms with Crippen molar-refractivity contribution in [1.29, 1.82) is 0 Å². The van der Waals surface area contributed by atoms with Crippen LogP contribution in [0.25, 0.3) is 26.8 Å².